The maximum Gasteiger partial charge on any atom is 0.368 e. The molecule has 2 rings (SSSR count). The lowest BCUT2D eigenvalue weighted by Gasteiger charge is -2.04. The van der Waals surface area contributed by atoms with E-state index >= 15 is 0 Å². The summed E-state index contributed by atoms with van der Waals surface area (Å²) in [6.45, 7) is 0.158. The van der Waals surface area contributed by atoms with Crippen molar-refractivity contribution in [2.75, 3.05) is 0 Å². The Morgan fingerprint density at radius 3 is 3.00 bits per heavy atom. The highest BCUT2D eigenvalue weighted by Gasteiger charge is 2.12. The molecule has 0 unspecified atom stereocenters. The van der Waals surface area contributed by atoms with Gasteiger partial charge >= 0.3 is 5.69 Å². The fraction of sp³-hybridized carbons (Fsp3) is 0.200. The zero-order valence-electron chi connectivity index (χ0n) is 10.1. The molecule has 0 saturated carbocycles. The Hall–Kier alpha value is -2.42. The van der Waals surface area contributed by atoms with Gasteiger partial charge in [0.1, 0.15) is 6.61 Å². The van der Waals surface area contributed by atoms with Crippen molar-refractivity contribution in [1.82, 2.24) is 19.8 Å². The van der Waals surface area contributed by atoms with E-state index in [1.54, 1.807) is 5.38 Å². The van der Waals surface area contributed by atoms with Crippen molar-refractivity contribution >= 4 is 17.2 Å². The SMILES string of the molecule is Cn1nnn(-c2cscc2COC(=N)/C=C\N)c1=O. The summed E-state index contributed by atoms with van der Waals surface area (Å²) in [5.41, 5.74) is 6.18. The number of aromatic nitrogens is 4. The highest BCUT2D eigenvalue weighted by atomic mass is 32.1. The number of aryl methyl sites for hydroxylation is 1. The van der Waals surface area contributed by atoms with E-state index in [4.69, 9.17) is 15.9 Å². The van der Waals surface area contributed by atoms with Crippen LogP contribution >= 0.6 is 11.3 Å². The van der Waals surface area contributed by atoms with Crippen LogP contribution in [0.3, 0.4) is 0 Å². The molecule has 0 aliphatic rings. The second-order valence-electron chi connectivity index (χ2n) is 3.59. The number of hydrogen-bond acceptors (Lipinski definition) is 7. The number of tetrazole rings is 1. The molecule has 0 radical (unpaired) electrons. The van der Waals surface area contributed by atoms with E-state index < -0.39 is 0 Å². The summed E-state index contributed by atoms with van der Waals surface area (Å²) in [7, 11) is 1.52. The molecule has 0 saturated heterocycles. The summed E-state index contributed by atoms with van der Waals surface area (Å²) in [4.78, 5) is 11.8. The van der Waals surface area contributed by atoms with Crippen LogP contribution in [0.1, 0.15) is 5.56 Å². The standard InChI is InChI=1S/C10H12N6O2S/c1-15-10(17)16(14-13-15)8-6-19-5-7(8)4-18-9(12)2-3-11/h2-3,5-6,12H,4,11H2,1H3/b3-2-,12-9?. The predicted octanol–water partition coefficient (Wildman–Crippen LogP) is -0.00623. The van der Waals surface area contributed by atoms with Crippen LogP contribution in [0.25, 0.3) is 5.69 Å². The van der Waals surface area contributed by atoms with E-state index in [9.17, 15) is 4.79 Å². The molecular weight excluding hydrogens is 268 g/mol. The molecule has 0 fully saturated rings. The van der Waals surface area contributed by atoms with Crippen molar-refractivity contribution in [2.45, 2.75) is 6.61 Å². The number of nitrogens with two attached hydrogens (primary N) is 1. The highest BCUT2D eigenvalue weighted by Crippen LogP contribution is 2.18. The molecule has 2 aromatic rings. The number of thiophene rings is 1. The molecular formula is C10H12N6O2S. The molecule has 3 N–H and O–H groups in total. The Morgan fingerprint density at radius 2 is 2.37 bits per heavy atom. The smallest absolute Gasteiger partial charge is 0.368 e. The molecule has 0 amide bonds. The van der Waals surface area contributed by atoms with Gasteiger partial charge in [-0.1, -0.05) is 0 Å². The zero-order valence-corrected chi connectivity index (χ0v) is 10.9. The normalized spacial score (nSPS) is 11.0. The third-order valence-electron chi connectivity index (χ3n) is 2.30. The summed E-state index contributed by atoms with van der Waals surface area (Å²) < 4.78 is 7.52. The van der Waals surface area contributed by atoms with E-state index in [1.165, 1.54) is 35.3 Å². The first-order chi connectivity index (χ1) is 9.13. The molecule has 9 heteroatoms. The van der Waals surface area contributed by atoms with E-state index in [0.717, 1.165) is 10.2 Å². The van der Waals surface area contributed by atoms with Crippen LogP contribution in [-0.4, -0.2) is 25.7 Å². The maximum absolute atomic E-state index is 11.8. The lowest BCUT2D eigenvalue weighted by molar-refractivity contribution is 0.292. The van der Waals surface area contributed by atoms with Gasteiger partial charge in [0.25, 0.3) is 0 Å². The van der Waals surface area contributed by atoms with Gasteiger partial charge in [-0.3, -0.25) is 5.41 Å². The maximum atomic E-state index is 11.8. The molecule has 0 atom stereocenters. The van der Waals surface area contributed by atoms with E-state index in [-0.39, 0.29) is 18.2 Å². The lowest BCUT2D eigenvalue weighted by Crippen LogP contribution is -2.22. The molecule has 2 heterocycles. The van der Waals surface area contributed by atoms with Crippen LogP contribution < -0.4 is 11.4 Å². The number of rotatable bonds is 4. The van der Waals surface area contributed by atoms with Gasteiger partial charge in [0.05, 0.1) is 5.69 Å². The zero-order chi connectivity index (χ0) is 13.8. The van der Waals surface area contributed by atoms with Crippen molar-refractivity contribution in [3.05, 3.63) is 39.1 Å². The number of nitrogens with zero attached hydrogens (tertiary/aromatic N) is 4. The topological polar surface area (TPSA) is 112 Å². The minimum Gasteiger partial charge on any atom is -0.473 e. The van der Waals surface area contributed by atoms with Crippen LogP contribution in [-0.2, 0) is 18.4 Å². The van der Waals surface area contributed by atoms with Gasteiger partial charge in [-0.15, -0.1) is 11.3 Å². The first-order valence-electron chi connectivity index (χ1n) is 5.27. The average Bonchev–Trinajstić information content (AvgIpc) is 2.96. The fourth-order valence-electron chi connectivity index (χ4n) is 1.37. The molecule has 8 nitrogen and oxygen atoms in total. The summed E-state index contributed by atoms with van der Waals surface area (Å²) >= 11 is 1.41. The third kappa shape index (κ3) is 2.71. The third-order valence-corrected chi connectivity index (χ3v) is 3.08. The Kier molecular flexibility index (Phi) is 3.76. The number of ether oxygens (including phenoxy) is 1. The van der Waals surface area contributed by atoms with E-state index in [1.807, 2.05) is 5.38 Å². The second kappa shape index (κ2) is 5.48. The van der Waals surface area contributed by atoms with Crippen LogP contribution in [0.15, 0.2) is 27.8 Å². The number of hydrogen-bond donors (Lipinski definition) is 2. The van der Waals surface area contributed by atoms with Crippen molar-refractivity contribution < 1.29 is 4.74 Å². The fourth-order valence-corrected chi connectivity index (χ4v) is 2.17. The van der Waals surface area contributed by atoms with Crippen LogP contribution in [0.2, 0.25) is 0 Å². The van der Waals surface area contributed by atoms with Crippen LogP contribution in [0, 0.1) is 5.41 Å². The monoisotopic (exact) mass is 280 g/mol. The van der Waals surface area contributed by atoms with E-state index in [2.05, 4.69) is 10.4 Å². The quantitative estimate of drug-likeness (QED) is 0.604. The van der Waals surface area contributed by atoms with Crippen LogP contribution in [0.5, 0.6) is 0 Å². The Balaban J connectivity index is 2.21. The Morgan fingerprint density at radius 1 is 1.58 bits per heavy atom. The summed E-state index contributed by atoms with van der Waals surface area (Å²) in [5.74, 6) is -0.0499. The summed E-state index contributed by atoms with van der Waals surface area (Å²) in [5, 5.41) is 18.4. The minimum absolute atomic E-state index is 0.0499. The van der Waals surface area contributed by atoms with E-state index in [0.29, 0.717) is 5.69 Å². The van der Waals surface area contributed by atoms with Crippen LogP contribution in [0.4, 0.5) is 0 Å². The molecule has 0 aliphatic carbocycles. The minimum atomic E-state index is -0.336. The van der Waals surface area contributed by atoms with Gasteiger partial charge in [0.15, 0.2) is 0 Å². The number of nitrogens with one attached hydrogen (secondary N) is 1. The Bertz CT molecular complexity index is 668. The van der Waals surface area contributed by atoms with Gasteiger partial charge in [-0.2, -0.15) is 9.36 Å². The van der Waals surface area contributed by atoms with Gasteiger partial charge in [0.2, 0.25) is 5.90 Å². The molecule has 0 aromatic carbocycles. The molecule has 0 aliphatic heterocycles. The second-order valence-corrected chi connectivity index (χ2v) is 4.33. The average molecular weight is 280 g/mol. The van der Waals surface area contributed by atoms with Crippen molar-refractivity contribution in [3.8, 4) is 5.69 Å². The Labute approximate surface area is 112 Å². The first kappa shape index (κ1) is 13.0. The first-order valence-corrected chi connectivity index (χ1v) is 6.22. The summed E-state index contributed by atoms with van der Waals surface area (Å²) in [6, 6.07) is 0. The van der Waals surface area contributed by atoms with Gasteiger partial charge in [-0.05, 0) is 22.0 Å². The van der Waals surface area contributed by atoms with Crippen molar-refractivity contribution in [1.29, 1.82) is 5.41 Å². The molecule has 0 spiro atoms. The largest absolute Gasteiger partial charge is 0.473 e. The molecule has 0 bridgehead atoms. The molecule has 2 aromatic heterocycles. The van der Waals surface area contributed by atoms with Crippen molar-refractivity contribution in [2.24, 2.45) is 12.8 Å². The summed E-state index contributed by atoms with van der Waals surface area (Å²) in [6.07, 6.45) is 2.56. The molecule has 19 heavy (non-hydrogen) atoms. The van der Waals surface area contributed by atoms with Gasteiger partial charge in [-0.25, -0.2) is 4.79 Å². The van der Waals surface area contributed by atoms with Gasteiger partial charge < -0.3 is 10.5 Å². The highest BCUT2D eigenvalue weighted by molar-refractivity contribution is 7.08. The molecule has 100 valence electrons. The van der Waals surface area contributed by atoms with Crippen molar-refractivity contribution in [3.63, 3.8) is 0 Å². The predicted molar refractivity (Wildman–Crippen MR) is 70.3 cm³/mol. The van der Waals surface area contributed by atoms with Gasteiger partial charge in [0, 0.05) is 24.1 Å². The lowest BCUT2D eigenvalue weighted by atomic mass is 10.3.